The molecule has 5 rings (SSSR count). The molecule has 0 aliphatic heterocycles. The van der Waals surface area contributed by atoms with E-state index in [0.717, 1.165) is 44.2 Å². The van der Waals surface area contributed by atoms with Gasteiger partial charge in [-0.2, -0.15) is 5.10 Å². The molecule has 0 atom stereocenters. The number of nitrogens with zero attached hydrogens (tertiary/aromatic N) is 3. The summed E-state index contributed by atoms with van der Waals surface area (Å²) in [4.78, 5) is 29.6. The highest BCUT2D eigenvalue weighted by atomic mass is 16.4. The molecule has 3 aromatic rings. The van der Waals surface area contributed by atoms with Crippen LogP contribution in [0.1, 0.15) is 98.2 Å². The van der Waals surface area contributed by atoms with E-state index in [9.17, 15) is 14.7 Å². The van der Waals surface area contributed by atoms with Gasteiger partial charge in [0, 0.05) is 12.0 Å². The molecule has 0 spiro atoms. The molecule has 2 fully saturated rings. The lowest BCUT2D eigenvalue weighted by Gasteiger charge is -2.24. The lowest BCUT2D eigenvalue weighted by molar-refractivity contribution is -0.132. The molecule has 1 amide bonds. The number of carboxylic acid groups (broad SMARTS) is 1. The Balaban J connectivity index is 1.44. The summed E-state index contributed by atoms with van der Waals surface area (Å²) < 4.78 is 7.48. The average Bonchev–Trinajstić information content (AvgIpc) is 3.49. The van der Waals surface area contributed by atoms with Gasteiger partial charge in [-0.05, 0) is 43.9 Å². The van der Waals surface area contributed by atoms with Gasteiger partial charge in [-0.25, -0.2) is 9.78 Å². The third-order valence-corrected chi connectivity index (χ3v) is 6.99. The van der Waals surface area contributed by atoms with Crippen LogP contribution in [0.5, 0.6) is 0 Å². The van der Waals surface area contributed by atoms with E-state index in [1.165, 1.54) is 31.8 Å². The maximum atomic E-state index is 13.4. The average molecular weight is 463 g/mol. The van der Waals surface area contributed by atoms with Gasteiger partial charge in [0.25, 0.3) is 5.91 Å². The molecule has 2 heterocycles. The monoisotopic (exact) mass is 462 g/mol. The summed E-state index contributed by atoms with van der Waals surface area (Å²) in [6, 6.07) is 9.23. The molecule has 0 radical (unpaired) electrons. The number of para-hydroxylation sites is 2. The molecule has 2 aliphatic rings. The number of nitrogens with one attached hydrogen (secondary N) is 1. The van der Waals surface area contributed by atoms with E-state index in [-0.39, 0.29) is 17.6 Å². The standard InChI is InChI=1S/C26H30N4O4/c31-25(28-21(26(32)33)16-24-27-19-13-7-8-14-23(19)34-24)22-15-20(17-9-3-1-4-10-17)29-30(22)18-11-5-2-6-12-18/h7-8,13-18H,1-6,9-12H2,(H,28,31)(H,32,33). The van der Waals surface area contributed by atoms with Crippen molar-refractivity contribution in [3.63, 3.8) is 0 Å². The second kappa shape index (κ2) is 9.83. The molecule has 8 heteroatoms. The van der Waals surface area contributed by atoms with Gasteiger partial charge in [-0.15, -0.1) is 0 Å². The fraction of sp³-hybridized carbons (Fsp3) is 0.462. The normalized spacial score (nSPS) is 18.3. The van der Waals surface area contributed by atoms with Crippen LogP contribution in [0.15, 0.2) is 40.4 Å². The Morgan fingerprint density at radius 1 is 1.03 bits per heavy atom. The minimum absolute atomic E-state index is 0.127. The van der Waals surface area contributed by atoms with Crippen LogP contribution in [-0.2, 0) is 4.79 Å². The van der Waals surface area contributed by atoms with E-state index >= 15 is 0 Å². The Hall–Kier alpha value is -3.42. The molecule has 2 N–H and O–H groups in total. The fourth-order valence-electron chi connectivity index (χ4n) is 5.20. The van der Waals surface area contributed by atoms with Gasteiger partial charge in [0.2, 0.25) is 5.89 Å². The summed E-state index contributed by atoms with van der Waals surface area (Å²) in [5.41, 5.74) is 2.27. The third-order valence-electron chi connectivity index (χ3n) is 6.99. The molecule has 0 unspecified atom stereocenters. The zero-order chi connectivity index (χ0) is 23.5. The van der Waals surface area contributed by atoms with E-state index in [4.69, 9.17) is 9.52 Å². The van der Waals surface area contributed by atoms with Gasteiger partial charge in [-0.1, -0.05) is 50.7 Å². The topological polar surface area (TPSA) is 110 Å². The van der Waals surface area contributed by atoms with Crippen LogP contribution in [-0.4, -0.2) is 31.7 Å². The lowest BCUT2D eigenvalue weighted by Crippen LogP contribution is -2.30. The fourth-order valence-corrected chi connectivity index (χ4v) is 5.20. The first-order valence-corrected chi connectivity index (χ1v) is 12.3. The number of rotatable bonds is 6. The molecule has 1 aromatic carbocycles. The summed E-state index contributed by atoms with van der Waals surface area (Å²) in [6.45, 7) is 0. The van der Waals surface area contributed by atoms with Gasteiger partial charge in [-0.3, -0.25) is 9.48 Å². The molecule has 2 saturated carbocycles. The number of carboxylic acids is 1. The Morgan fingerprint density at radius 3 is 2.44 bits per heavy atom. The first kappa shape index (κ1) is 22.4. The zero-order valence-electron chi connectivity index (χ0n) is 19.2. The SMILES string of the molecule is O=C(O)C(=Cc1nc2ccccc2o1)NC(=O)c1cc(C2CCCCC2)nn1C1CCCCC1. The van der Waals surface area contributed by atoms with Gasteiger partial charge in [0.15, 0.2) is 5.58 Å². The number of amides is 1. The van der Waals surface area contributed by atoms with Crippen molar-refractivity contribution in [1.82, 2.24) is 20.1 Å². The minimum Gasteiger partial charge on any atom is -0.477 e. The molecule has 8 nitrogen and oxygen atoms in total. The molecule has 178 valence electrons. The maximum absolute atomic E-state index is 13.4. The molecule has 0 bridgehead atoms. The largest absolute Gasteiger partial charge is 0.477 e. The summed E-state index contributed by atoms with van der Waals surface area (Å²) >= 11 is 0. The van der Waals surface area contributed by atoms with Crippen LogP contribution in [0, 0.1) is 0 Å². The number of oxazole rings is 1. The van der Waals surface area contributed by atoms with Crippen LogP contribution >= 0.6 is 0 Å². The highest BCUT2D eigenvalue weighted by molar-refractivity contribution is 6.02. The Labute approximate surface area is 198 Å². The molecular weight excluding hydrogens is 432 g/mol. The van der Waals surface area contributed by atoms with Crippen LogP contribution < -0.4 is 5.32 Å². The predicted octanol–water partition coefficient (Wildman–Crippen LogP) is 5.43. The first-order chi connectivity index (χ1) is 16.6. The summed E-state index contributed by atoms with van der Waals surface area (Å²) in [7, 11) is 0. The zero-order valence-corrected chi connectivity index (χ0v) is 19.2. The summed E-state index contributed by atoms with van der Waals surface area (Å²) in [5, 5.41) is 17.2. The van der Waals surface area contributed by atoms with E-state index in [1.54, 1.807) is 12.1 Å². The smallest absolute Gasteiger partial charge is 0.352 e. The van der Waals surface area contributed by atoms with Crippen molar-refractivity contribution in [1.29, 1.82) is 0 Å². The van der Waals surface area contributed by atoms with E-state index in [2.05, 4.69) is 10.3 Å². The van der Waals surface area contributed by atoms with Crippen LogP contribution in [0.3, 0.4) is 0 Å². The van der Waals surface area contributed by atoms with Gasteiger partial charge >= 0.3 is 5.97 Å². The number of hydrogen-bond acceptors (Lipinski definition) is 5. The van der Waals surface area contributed by atoms with E-state index in [1.807, 2.05) is 22.9 Å². The number of hydrogen-bond donors (Lipinski definition) is 2. The molecule has 0 saturated heterocycles. The number of fused-ring (bicyclic) bond motifs is 1. The Morgan fingerprint density at radius 2 is 1.74 bits per heavy atom. The number of benzene rings is 1. The van der Waals surface area contributed by atoms with Crippen molar-refractivity contribution in [2.45, 2.75) is 76.2 Å². The Kier molecular flexibility index (Phi) is 6.47. The van der Waals surface area contributed by atoms with Crippen LogP contribution in [0.25, 0.3) is 17.2 Å². The highest BCUT2D eigenvalue weighted by Gasteiger charge is 2.28. The third kappa shape index (κ3) is 4.76. The van der Waals surface area contributed by atoms with Crippen molar-refractivity contribution in [2.24, 2.45) is 0 Å². The quantitative estimate of drug-likeness (QED) is 0.473. The molecular formula is C26H30N4O4. The Bertz CT molecular complexity index is 1180. The number of carbonyl (C=O) groups excluding carboxylic acids is 1. The van der Waals surface area contributed by atoms with Crippen molar-refractivity contribution >= 4 is 29.1 Å². The molecule has 2 aliphatic carbocycles. The van der Waals surface area contributed by atoms with Gasteiger partial charge in [0.05, 0.1) is 11.7 Å². The molecule has 34 heavy (non-hydrogen) atoms. The summed E-state index contributed by atoms with van der Waals surface area (Å²) in [5.74, 6) is -1.24. The second-order valence-electron chi connectivity index (χ2n) is 9.36. The summed E-state index contributed by atoms with van der Waals surface area (Å²) in [6.07, 6.45) is 12.4. The van der Waals surface area contributed by atoms with Crippen molar-refractivity contribution in [3.8, 4) is 0 Å². The van der Waals surface area contributed by atoms with E-state index in [0.29, 0.717) is 22.7 Å². The number of carbonyl (C=O) groups is 2. The second-order valence-corrected chi connectivity index (χ2v) is 9.36. The predicted molar refractivity (Wildman–Crippen MR) is 127 cm³/mol. The van der Waals surface area contributed by atoms with Crippen LogP contribution in [0.4, 0.5) is 0 Å². The van der Waals surface area contributed by atoms with Crippen molar-refractivity contribution in [3.05, 3.63) is 53.3 Å². The maximum Gasteiger partial charge on any atom is 0.352 e. The number of aliphatic carboxylic acids is 1. The van der Waals surface area contributed by atoms with Gasteiger partial charge in [0.1, 0.15) is 16.9 Å². The lowest BCUT2D eigenvalue weighted by atomic mass is 9.87. The van der Waals surface area contributed by atoms with Gasteiger partial charge < -0.3 is 14.8 Å². The highest BCUT2D eigenvalue weighted by Crippen LogP contribution is 2.35. The number of aromatic nitrogens is 3. The van der Waals surface area contributed by atoms with Crippen molar-refractivity contribution in [2.75, 3.05) is 0 Å². The van der Waals surface area contributed by atoms with E-state index < -0.39 is 11.9 Å². The van der Waals surface area contributed by atoms with Crippen LogP contribution in [0.2, 0.25) is 0 Å². The van der Waals surface area contributed by atoms with Crippen molar-refractivity contribution < 1.29 is 19.1 Å². The first-order valence-electron chi connectivity index (χ1n) is 12.3. The minimum atomic E-state index is -1.26. The molecule has 2 aromatic heterocycles.